The second-order valence-corrected chi connectivity index (χ2v) is 3.06. The second-order valence-electron chi connectivity index (χ2n) is 2.06. The first-order valence-electron chi connectivity index (χ1n) is 2.91. The molecule has 0 saturated heterocycles. The van der Waals surface area contributed by atoms with Crippen molar-refractivity contribution in [3.05, 3.63) is 12.2 Å². The molecular formula is C6H14Si. The summed E-state index contributed by atoms with van der Waals surface area (Å²) in [6.45, 7) is 5.90. The monoisotopic (exact) mass is 114 g/mol. The van der Waals surface area contributed by atoms with Gasteiger partial charge in [0.15, 0.2) is 0 Å². The first-order valence-corrected chi connectivity index (χ1v) is 4.33. The van der Waals surface area contributed by atoms with Crippen LogP contribution in [0, 0.1) is 0 Å². The average molecular weight is 114 g/mol. The minimum atomic E-state index is 1.24. The molecule has 0 heterocycles. The Hall–Kier alpha value is -0.0431. The Morgan fingerprint density at radius 1 is 1.71 bits per heavy atom. The maximum absolute atomic E-state index is 3.81. The van der Waals surface area contributed by atoms with Crippen LogP contribution in [0.25, 0.3) is 0 Å². The van der Waals surface area contributed by atoms with Gasteiger partial charge in [-0.3, -0.25) is 0 Å². The quantitative estimate of drug-likeness (QED) is 0.381. The zero-order valence-corrected chi connectivity index (χ0v) is 7.33. The largest absolute Gasteiger partial charge is 0.100 e. The van der Waals surface area contributed by atoms with Gasteiger partial charge in [-0.15, -0.1) is 6.58 Å². The van der Waals surface area contributed by atoms with E-state index < -0.39 is 0 Å². The molecule has 0 aromatic heterocycles. The van der Waals surface area contributed by atoms with Gasteiger partial charge in [-0.1, -0.05) is 18.0 Å². The van der Waals surface area contributed by atoms with Gasteiger partial charge < -0.3 is 0 Å². The maximum Gasteiger partial charge on any atom is 0.00281 e. The number of rotatable bonds is 3. The highest BCUT2D eigenvalue weighted by molar-refractivity contribution is 6.08. The van der Waals surface area contributed by atoms with E-state index in [1.807, 2.05) is 0 Å². The van der Waals surface area contributed by atoms with E-state index in [0.717, 1.165) is 0 Å². The molecule has 0 aromatic rings. The zero-order chi connectivity index (χ0) is 5.70. The lowest BCUT2D eigenvalue weighted by Gasteiger charge is -1.91. The van der Waals surface area contributed by atoms with Crippen LogP contribution in [0.3, 0.4) is 0 Å². The fraction of sp³-hybridized carbons (Fsp3) is 0.667. The first-order chi connectivity index (χ1) is 3.27. The molecule has 0 saturated carbocycles. The van der Waals surface area contributed by atoms with Gasteiger partial charge >= 0.3 is 0 Å². The van der Waals surface area contributed by atoms with E-state index in [-0.39, 0.29) is 0 Å². The lowest BCUT2D eigenvalue weighted by molar-refractivity contribution is 0.907. The summed E-state index contributed by atoms with van der Waals surface area (Å²) in [5, 5.41) is 0. The molecule has 7 heavy (non-hydrogen) atoms. The number of allylic oxidation sites excluding steroid dienone is 1. The summed E-state index contributed by atoms with van der Waals surface area (Å²) in [5.74, 6) is 0. The topological polar surface area (TPSA) is 0 Å². The van der Waals surface area contributed by atoms with E-state index in [2.05, 4.69) is 13.5 Å². The molecule has 0 aliphatic carbocycles. The summed E-state index contributed by atoms with van der Waals surface area (Å²) in [4.78, 5) is 0. The Labute approximate surface area is 49.0 Å². The molecule has 0 unspecified atom stereocenters. The van der Waals surface area contributed by atoms with E-state index in [1.54, 1.807) is 0 Å². The van der Waals surface area contributed by atoms with Crippen molar-refractivity contribution in [3.63, 3.8) is 0 Å². The second kappa shape index (κ2) is 4.12. The van der Waals surface area contributed by atoms with Gasteiger partial charge in [0.2, 0.25) is 0 Å². The minimum absolute atomic E-state index is 1.24. The molecule has 0 aromatic carbocycles. The van der Waals surface area contributed by atoms with Crippen LogP contribution in [-0.2, 0) is 0 Å². The molecule has 0 fully saturated rings. The van der Waals surface area contributed by atoms with Crippen molar-refractivity contribution >= 4 is 10.2 Å². The highest BCUT2D eigenvalue weighted by Crippen LogP contribution is 2.00. The van der Waals surface area contributed by atoms with Crippen molar-refractivity contribution in [2.24, 2.45) is 0 Å². The third-order valence-electron chi connectivity index (χ3n) is 0.957. The predicted molar refractivity (Wildman–Crippen MR) is 38.8 cm³/mol. The van der Waals surface area contributed by atoms with Crippen molar-refractivity contribution in [2.45, 2.75) is 25.8 Å². The van der Waals surface area contributed by atoms with E-state index in [0.29, 0.717) is 0 Å². The Morgan fingerprint density at radius 2 is 2.29 bits per heavy atom. The molecule has 0 rings (SSSR count). The average Bonchev–Trinajstić information content (AvgIpc) is 1.61. The molecular weight excluding hydrogens is 100 g/mol. The summed E-state index contributed by atoms with van der Waals surface area (Å²) in [7, 11) is 1.35. The third-order valence-corrected chi connectivity index (χ3v) is 1.66. The Morgan fingerprint density at radius 3 is 2.43 bits per heavy atom. The fourth-order valence-electron chi connectivity index (χ4n) is 0.479. The molecule has 0 amide bonds. The summed E-state index contributed by atoms with van der Waals surface area (Å²) in [6.07, 6.45) is 2.60. The standard InChI is InChI=1S/C6H14Si/c1-6(2)4-3-5-7/h1,3-5H2,2,7H3. The molecule has 42 valence electrons. The molecule has 0 spiro atoms. The highest BCUT2D eigenvalue weighted by atomic mass is 28.1. The van der Waals surface area contributed by atoms with Crippen LogP contribution in [0.4, 0.5) is 0 Å². The van der Waals surface area contributed by atoms with E-state index in [1.165, 1.54) is 34.7 Å². The third kappa shape index (κ3) is 5.96. The molecule has 0 atom stereocenters. The summed E-state index contributed by atoms with van der Waals surface area (Å²) < 4.78 is 0. The summed E-state index contributed by atoms with van der Waals surface area (Å²) in [6, 6.07) is 1.42. The van der Waals surface area contributed by atoms with Crippen molar-refractivity contribution < 1.29 is 0 Å². The van der Waals surface area contributed by atoms with Crippen LogP contribution >= 0.6 is 0 Å². The molecule has 0 nitrogen and oxygen atoms in total. The first kappa shape index (κ1) is 6.96. The summed E-state index contributed by atoms with van der Waals surface area (Å²) >= 11 is 0. The smallest absolute Gasteiger partial charge is 0.00281 e. The molecule has 0 aliphatic heterocycles. The van der Waals surface area contributed by atoms with Crippen LogP contribution in [0.1, 0.15) is 19.8 Å². The van der Waals surface area contributed by atoms with Gasteiger partial charge in [-0.05, 0) is 13.3 Å². The SMILES string of the molecule is C=C(C)CCC[SiH3]. The maximum atomic E-state index is 3.81. The van der Waals surface area contributed by atoms with Crippen molar-refractivity contribution in [1.29, 1.82) is 0 Å². The Kier molecular flexibility index (Phi) is 4.10. The Bertz CT molecular complexity index is 57.2. The van der Waals surface area contributed by atoms with E-state index in [4.69, 9.17) is 0 Å². The van der Waals surface area contributed by atoms with E-state index in [9.17, 15) is 0 Å². The van der Waals surface area contributed by atoms with Gasteiger partial charge in [0.25, 0.3) is 0 Å². The van der Waals surface area contributed by atoms with Gasteiger partial charge in [0.05, 0.1) is 0 Å². The van der Waals surface area contributed by atoms with Crippen LogP contribution in [-0.4, -0.2) is 10.2 Å². The lowest BCUT2D eigenvalue weighted by atomic mass is 10.2. The van der Waals surface area contributed by atoms with Gasteiger partial charge in [-0.25, -0.2) is 0 Å². The Balaban J connectivity index is 2.82. The fourth-order valence-corrected chi connectivity index (χ4v) is 0.832. The van der Waals surface area contributed by atoms with Crippen molar-refractivity contribution in [3.8, 4) is 0 Å². The van der Waals surface area contributed by atoms with Crippen LogP contribution in [0.15, 0.2) is 12.2 Å². The predicted octanol–water partition coefficient (Wildman–Crippen LogP) is 1.13. The van der Waals surface area contributed by atoms with Crippen molar-refractivity contribution in [1.82, 2.24) is 0 Å². The summed E-state index contributed by atoms with van der Waals surface area (Å²) in [5.41, 5.74) is 1.33. The molecule has 0 aliphatic rings. The van der Waals surface area contributed by atoms with Crippen LogP contribution in [0.5, 0.6) is 0 Å². The molecule has 1 heteroatoms. The molecule has 0 radical (unpaired) electrons. The molecule has 0 bridgehead atoms. The van der Waals surface area contributed by atoms with Gasteiger partial charge in [0, 0.05) is 10.2 Å². The van der Waals surface area contributed by atoms with Crippen LogP contribution < -0.4 is 0 Å². The number of hydrogen-bond acceptors (Lipinski definition) is 0. The van der Waals surface area contributed by atoms with E-state index >= 15 is 0 Å². The van der Waals surface area contributed by atoms with Gasteiger partial charge in [0.1, 0.15) is 0 Å². The van der Waals surface area contributed by atoms with Crippen molar-refractivity contribution in [2.75, 3.05) is 0 Å². The zero-order valence-electron chi connectivity index (χ0n) is 5.33. The lowest BCUT2D eigenvalue weighted by Crippen LogP contribution is -1.73. The van der Waals surface area contributed by atoms with Crippen LogP contribution in [0.2, 0.25) is 6.04 Å². The molecule has 0 N–H and O–H groups in total. The normalized spacial score (nSPS) is 9.29. The highest BCUT2D eigenvalue weighted by Gasteiger charge is 1.81. The van der Waals surface area contributed by atoms with Gasteiger partial charge in [-0.2, -0.15) is 0 Å². The number of hydrogen-bond donors (Lipinski definition) is 0. The minimum Gasteiger partial charge on any atom is -0.100 e.